The average molecular weight is 271 g/mol. The Morgan fingerprint density at radius 2 is 1.95 bits per heavy atom. The Balaban J connectivity index is 3.35. The second-order valence-corrected chi connectivity index (χ2v) is 4.73. The summed E-state index contributed by atoms with van der Waals surface area (Å²) >= 11 is 0. The van der Waals surface area contributed by atoms with Crippen LogP contribution in [0.3, 0.4) is 0 Å². The van der Waals surface area contributed by atoms with Gasteiger partial charge in [0.1, 0.15) is 16.9 Å². The monoisotopic (exact) mass is 271 g/mol. The normalized spacial score (nSPS) is 11.0. The van der Waals surface area contributed by atoms with Crippen LogP contribution in [0.2, 0.25) is 0 Å². The highest BCUT2D eigenvalue weighted by Crippen LogP contribution is 2.30. The zero-order chi connectivity index (χ0) is 14.8. The van der Waals surface area contributed by atoms with Crippen molar-refractivity contribution in [1.82, 2.24) is 0 Å². The molecular formula is C12H14FNO5. The fourth-order valence-electron chi connectivity index (χ4n) is 1.38. The summed E-state index contributed by atoms with van der Waals surface area (Å²) in [5.41, 5.74) is -2.23. The highest BCUT2D eigenvalue weighted by Gasteiger charge is 2.29. The predicted octanol–water partition coefficient (Wildman–Crippen LogP) is 2.70. The molecule has 0 N–H and O–H groups in total. The minimum Gasteiger partial charge on any atom is -0.496 e. The SMILES string of the molecule is COc1ccc([N+](=O)[O-])c(F)c1C(=O)OC(C)(C)C. The van der Waals surface area contributed by atoms with Gasteiger partial charge in [0.25, 0.3) is 0 Å². The van der Waals surface area contributed by atoms with Crippen LogP contribution in [0.5, 0.6) is 5.75 Å². The maximum Gasteiger partial charge on any atom is 0.345 e. The standard InChI is InChI=1S/C12H14FNO5/c1-12(2,3)19-11(15)9-8(18-4)6-5-7(10(9)13)14(16)17/h5-6H,1-4H3. The van der Waals surface area contributed by atoms with E-state index in [9.17, 15) is 19.3 Å². The van der Waals surface area contributed by atoms with E-state index in [0.717, 1.165) is 12.1 Å². The highest BCUT2D eigenvalue weighted by atomic mass is 19.1. The Labute approximate surface area is 109 Å². The Morgan fingerprint density at radius 3 is 2.37 bits per heavy atom. The first-order valence-corrected chi connectivity index (χ1v) is 5.41. The number of benzene rings is 1. The molecule has 0 saturated heterocycles. The van der Waals surface area contributed by atoms with E-state index in [1.165, 1.54) is 7.11 Å². The summed E-state index contributed by atoms with van der Waals surface area (Å²) in [6, 6.07) is 2.09. The largest absolute Gasteiger partial charge is 0.496 e. The fourth-order valence-corrected chi connectivity index (χ4v) is 1.38. The van der Waals surface area contributed by atoms with Crippen molar-refractivity contribution in [2.45, 2.75) is 26.4 Å². The van der Waals surface area contributed by atoms with Crippen LogP contribution in [0.1, 0.15) is 31.1 Å². The van der Waals surface area contributed by atoms with Crippen LogP contribution >= 0.6 is 0 Å². The summed E-state index contributed by atoms with van der Waals surface area (Å²) in [5.74, 6) is -2.39. The fraction of sp³-hybridized carbons (Fsp3) is 0.417. The molecule has 0 fully saturated rings. The Morgan fingerprint density at radius 1 is 1.37 bits per heavy atom. The molecule has 7 heteroatoms. The van der Waals surface area contributed by atoms with Crippen molar-refractivity contribution >= 4 is 11.7 Å². The van der Waals surface area contributed by atoms with Crippen LogP contribution in [0.4, 0.5) is 10.1 Å². The number of ether oxygens (including phenoxy) is 2. The smallest absolute Gasteiger partial charge is 0.345 e. The third-order valence-corrected chi connectivity index (χ3v) is 2.10. The van der Waals surface area contributed by atoms with Gasteiger partial charge in [0.05, 0.1) is 12.0 Å². The third-order valence-electron chi connectivity index (χ3n) is 2.10. The van der Waals surface area contributed by atoms with Crippen LogP contribution in [-0.2, 0) is 4.74 Å². The number of carbonyl (C=O) groups is 1. The molecule has 0 heterocycles. The molecular weight excluding hydrogens is 257 g/mol. The molecule has 0 aromatic heterocycles. The van der Waals surface area contributed by atoms with Gasteiger partial charge in [-0.15, -0.1) is 0 Å². The number of methoxy groups -OCH3 is 1. The molecule has 6 nitrogen and oxygen atoms in total. The Bertz CT molecular complexity index is 522. The van der Waals surface area contributed by atoms with Gasteiger partial charge in [-0.25, -0.2) is 4.79 Å². The summed E-state index contributed by atoms with van der Waals surface area (Å²) in [4.78, 5) is 21.6. The van der Waals surface area contributed by atoms with Crippen molar-refractivity contribution < 1.29 is 23.6 Å². The molecule has 0 atom stereocenters. The van der Waals surface area contributed by atoms with E-state index in [2.05, 4.69) is 0 Å². The zero-order valence-corrected chi connectivity index (χ0v) is 11.0. The van der Waals surface area contributed by atoms with E-state index < -0.39 is 33.6 Å². The summed E-state index contributed by atoms with van der Waals surface area (Å²) in [7, 11) is 1.23. The first-order valence-electron chi connectivity index (χ1n) is 5.41. The zero-order valence-electron chi connectivity index (χ0n) is 11.0. The van der Waals surface area contributed by atoms with Crippen molar-refractivity contribution in [3.63, 3.8) is 0 Å². The first kappa shape index (κ1) is 14.9. The number of hydrogen-bond acceptors (Lipinski definition) is 5. The highest BCUT2D eigenvalue weighted by molar-refractivity contribution is 5.94. The molecule has 1 rings (SSSR count). The van der Waals surface area contributed by atoms with E-state index in [4.69, 9.17) is 9.47 Å². The maximum absolute atomic E-state index is 14.0. The van der Waals surface area contributed by atoms with Gasteiger partial charge in [-0.05, 0) is 26.8 Å². The van der Waals surface area contributed by atoms with Crippen LogP contribution in [-0.4, -0.2) is 23.6 Å². The van der Waals surface area contributed by atoms with Crippen LogP contribution < -0.4 is 4.74 Å². The average Bonchev–Trinajstić information content (AvgIpc) is 2.25. The second kappa shape index (κ2) is 5.21. The molecule has 19 heavy (non-hydrogen) atoms. The minimum atomic E-state index is -1.27. The lowest BCUT2D eigenvalue weighted by Crippen LogP contribution is -2.25. The van der Waals surface area contributed by atoms with Gasteiger partial charge >= 0.3 is 11.7 Å². The van der Waals surface area contributed by atoms with Gasteiger partial charge in [0, 0.05) is 6.07 Å². The lowest BCUT2D eigenvalue weighted by atomic mass is 10.1. The van der Waals surface area contributed by atoms with Gasteiger partial charge in [-0.2, -0.15) is 4.39 Å². The molecule has 1 aromatic rings. The lowest BCUT2D eigenvalue weighted by molar-refractivity contribution is -0.387. The van der Waals surface area contributed by atoms with E-state index in [1.54, 1.807) is 20.8 Å². The Hall–Kier alpha value is -2.18. The summed E-state index contributed by atoms with van der Waals surface area (Å²) in [5, 5.41) is 10.7. The molecule has 0 aliphatic heterocycles. The lowest BCUT2D eigenvalue weighted by Gasteiger charge is -2.20. The van der Waals surface area contributed by atoms with Gasteiger partial charge in [-0.3, -0.25) is 10.1 Å². The topological polar surface area (TPSA) is 78.7 Å². The Kier molecular flexibility index (Phi) is 4.08. The quantitative estimate of drug-likeness (QED) is 0.479. The summed E-state index contributed by atoms with van der Waals surface area (Å²) < 4.78 is 23.8. The van der Waals surface area contributed by atoms with E-state index >= 15 is 0 Å². The van der Waals surface area contributed by atoms with E-state index in [1.807, 2.05) is 0 Å². The number of halogens is 1. The van der Waals surface area contributed by atoms with Gasteiger partial charge in [-0.1, -0.05) is 0 Å². The van der Waals surface area contributed by atoms with Crippen molar-refractivity contribution in [2.24, 2.45) is 0 Å². The second-order valence-electron chi connectivity index (χ2n) is 4.73. The first-order chi connectivity index (χ1) is 8.67. The van der Waals surface area contributed by atoms with E-state index in [-0.39, 0.29) is 5.75 Å². The number of rotatable bonds is 3. The molecule has 0 saturated carbocycles. The molecule has 0 spiro atoms. The summed E-state index contributed by atoms with van der Waals surface area (Å²) in [6.07, 6.45) is 0. The predicted molar refractivity (Wildman–Crippen MR) is 64.8 cm³/mol. The number of carbonyl (C=O) groups excluding carboxylic acids is 1. The molecule has 0 amide bonds. The number of nitro groups is 1. The molecule has 0 radical (unpaired) electrons. The molecule has 1 aromatic carbocycles. The molecule has 0 unspecified atom stereocenters. The van der Waals surface area contributed by atoms with Crippen LogP contribution in [0.25, 0.3) is 0 Å². The number of nitrogens with zero attached hydrogens (tertiary/aromatic N) is 1. The third kappa shape index (κ3) is 3.40. The molecule has 0 aliphatic carbocycles. The molecule has 0 aliphatic rings. The minimum absolute atomic E-state index is 0.114. The molecule has 0 bridgehead atoms. The number of nitro benzene ring substituents is 1. The van der Waals surface area contributed by atoms with Crippen molar-refractivity contribution in [2.75, 3.05) is 7.11 Å². The van der Waals surface area contributed by atoms with Crippen LogP contribution in [0.15, 0.2) is 12.1 Å². The summed E-state index contributed by atoms with van der Waals surface area (Å²) in [6.45, 7) is 4.81. The van der Waals surface area contributed by atoms with E-state index in [0.29, 0.717) is 0 Å². The van der Waals surface area contributed by atoms with Crippen molar-refractivity contribution in [1.29, 1.82) is 0 Å². The van der Waals surface area contributed by atoms with Crippen molar-refractivity contribution in [3.8, 4) is 5.75 Å². The van der Waals surface area contributed by atoms with Crippen LogP contribution in [0, 0.1) is 15.9 Å². The van der Waals surface area contributed by atoms with Crippen molar-refractivity contribution in [3.05, 3.63) is 33.6 Å². The van der Waals surface area contributed by atoms with Gasteiger partial charge in [0.15, 0.2) is 0 Å². The van der Waals surface area contributed by atoms with Gasteiger partial charge < -0.3 is 9.47 Å². The number of hydrogen-bond donors (Lipinski definition) is 0. The number of esters is 1. The maximum atomic E-state index is 14.0. The molecule has 104 valence electrons. The van der Waals surface area contributed by atoms with Gasteiger partial charge in [0.2, 0.25) is 5.82 Å².